The molecular formula is C31H33N5O2. The third-order valence-electron chi connectivity index (χ3n) is 7.51. The molecule has 2 amide bonds. The third kappa shape index (κ3) is 5.27. The van der Waals surface area contributed by atoms with Crippen molar-refractivity contribution in [2.75, 3.05) is 55.6 Å². The van der Waals surface area contributed by atoms with Gasteiger partial charge in [-0.1, -0.05) is 30.2 Å². The van der Waals surface area contributed by atoms with Gasteiger partial charge in [0.05, 0.1) is 5.69 Å². The Balaban J connectivity index is 1.25. The topological polar surface area (TPSA) is 60.0 Å². The van der Waals surface area contributed by atoms with E-state index in [1.807, 2.05) is 49.4 Å². The zero-order chi connectivity index (χ0) is 26.6. The number of aromatic nitrogens is 1. The van der Waals surface area contributed by atoms with Crippen LogP contribution in [0.1, 0.15) is 32.6 Å². The molecule has 2 saturated heterocycles. The summed E-state index contributed by atoms with van der Waals surface area (Å²) in [7, 11) is 0. The monoisotopic (exact) mass is 507 g/mol. The van der Waals surface area contributed by atoms with Crippen molar-refractivity contribution in [1.82, 2.24) is 14.8 Å². The molecule has 7 nitrogen and oxygen atoms in total. The van der Waals surface area contributed by atoms with Crippen molar-refractivity contribution in [3.05, 3.63) is 88.6 Å². The summed E-state index contributed by atoms with van der Waals surface area (Å²) in [6, 6.07) is 17.7. The van der Waals surface area contributed by atoms with Crippen LogP contribution in [-0.4, -0.2) is 72.4 Å². The predicted molar refractivity (Wildman–Crippen MR) is 150 cm³/mol. The summed E-state index contributed by atoms with van der Waals surface area (Å²) in [4.78, 5) is 38.8. The molecule has 2 aliphatic rings. The Hall–Kier alpha value is -4.15. The van der Waals surface area contributed by atoms with Gasteiger partial charge in [0.1, 0.15) is 12.4 Å². The van der Waals surface area contributed by atoms with Crippen molar-refractivity contribution in [3.63, 3.8) is 0 Å². The van der Waals surface area contributed by atoms with Gasteiger partial charge in [0, 0.05) is 63.1 Å². The van der Waals surface area contributed by atoms with Gasteiger partial charge >= 0.3 is 0 Å². The largest absolute Gasteiger partial charge is 0.368 e. The van der Waals surface area contributed by atoms with E-state index < -0.39 is 0 Å². The number of rotatable bonds is 5. The van der Waals surface area contributed by atoms with Crippen LogP contribution in [0.25, 0.3) is 0 Å². The molecule has 0 N–H and O–H groups in total. The van der Waals surface area contributed by atoms with Gasteiger partial charge in [0.15, 0.2) is 0 Å². The minimum Gasteiger partial charge on any atom is -0.368 e. The average molecular weight is 508 g/mol. The summed E-state index contributed by atoms with van der Waals surface area (Å²) in [5.41, 5.74) is 5.98. The first-order chi connectivity index (χ1) is 18.4. The van der Waals surface area contributed by atoms with Crippen LogP contribution in [0, 0.1) is 26.2 Å². The van der Waals surface area contributed by atoms with E-state index in [-0.39, 0.29) is 18.4 Å². The molecule has 7 heteroatoms. The van der Waals surface area contributed by atoms with Crippen LogP contribution in [0.5, 0.6) is 0 Å². The highest BCUT2D eigenvalue weighted by Crippen LogP contribution is 2.24. The van der Waals surface area contributed by atoms with Crippen LogP contribution in [0.3, 0.4) is 0 Å². The van der Waals surface area contributed by atoms with Gasteiger partial charge in [-0.2, -0.15) is 0 Å². The number of terminal acetylenes is 1. The fourth-order valence-electron chi connectivity index (χ4n) is 5.33. The van der Waals surface area contributed by atoms with Gasteiger partial charge in [0.2, 0.25) is 5.91 Å². The maximum atomic E-state index is 13.5. The lowest BCUT2D eigenvalue weighted by molar-refractivity contribution is -0.120. The van der Waals surface area contributed by atoms with Crippen LogP contribution in [-0.2, 0) is 11.3 Å². The van der Waals surface area contributed by atoms with Gasteiger partial charge in [-0.15, -0.1) is 6.42 Å². The van der Waals surface area contributed by atoms with E-state index in [4.69, 9.17) is 6.42 Å². The molecule has 0 unspecified atom stereocenters. The second-order valence-electron chi connectivity index (χ2n) is 9.98. The molecular weight excluding hydrogens is 474 g/mol. The van der Waals surface area contributed by atoms with E-state index in [0.717, 1.165) is 55.1 Å². The molecule has 0 saturated carbocycles. The van der Waals surface area contributed by atoms with Gasteiger partial charge in [-0.05, 0) is 60.9 Å². The minimum absolute atomic E-state index is 0.0547. The Morgan fingerprint density at radius 3 is 2.42 bits per heavy atom. The molecule has 2 aliphatic heterocycles. The van der Waals surface area contributed by atoms with Crippen molar-refractivity contribution in [3.8, 4) is 12.3 Å². The zero-order valence-corrected chi connectivity index (χ0v) is 22.1. The van der Waals surface area contributed by atoms with E-state index in [2.05, 4.69) is 39.8 Å². The van der Waals surface area contributed by atoms with Gasteiger partial charge in [0.25, 0.3) is 5.91 Å². The number of anilines is 2. The van der Waals surface area contributed by atoms with Crippen LogP contribution in [0.4, 0.5) is 11.5 Å². The van der Waals surface area contributed by atoms with Gasteiger partial charge in [-0.3, -0.25) is 19.4 Å². The quantitative estimate of drug-likeness (QED) is 0.495. The number of pyridine rings is 1. The van der Waals surface area contributed by atoms with Crippen LogP contribution in [0.2, 0.25) is 0 Å². The second-order valence-corrected chi connectivity index (χ2v) is 9.98. The van der Waals surface area contributed by atoms with Crippen molar-refractivity contribution < 1.29 is 9.59 Å². The lowest BCUT2D eigenvalue weighted by Crippen LogP contribution is -2.52. The fraction of sp³-hybridized carbons (Fsp3) is 0.323. The summed E-state index contributed by atoms with van der Waals surface area (Å²) >= 11 is 0. The third-order valence-corrected chi connectivity index (χ3v) is 7.51. The Labute approximate surface area is 224 Å². The summed E-state index contributed by atoms with van der Waals surface area (Å²) in [5.74, 6) is 3.22. The van der Waals surface area contributed by atoms with E-state index in [1.165, 1.54) is 5.56 Å². The zero-order valence-electron chi connectivity index (χ0n) is 22.1. The predicted octanol–water partition coefficient (Wildman–Crippen LogP) is 3.49. The number of hydrogen-bond acceptors (Lipinski definition) is 5. The van der Waals surface area contributed by atoms with Crippen molar-refractivity contribution in [2.45, 2.75) is 20.4 Å². The smallest absolute Gasteiger partial charge is 0.254 e. The molecule has 2 fully saturated rings. The molecule has 0 bridgehead atoms. The van der Waals surface area contributed by atoms with Crippen LogP contribution < -0.4 is 9.80 Å². The molecule has 0 atom stereocenters. The van der Waals surface area contributed by atoms with E-state index >= 15 is 0 Å². The van der Waals surface area contributed by atoms with Crippen LogP contribution >= 0.6 is 0 Å². The summed E-state index contributed by atoms with van der Waals surface area (Å²) < 4.78 is 0. The SMILES string of the molecule is C#Cc1ccccc1N1CCN(Cc2cc(C(=O)N3CCN(c4ccccn4)C(=O)C3)c(C)cc2C)CC1. The number of hydrogen-bond donors (Lipinski definition) is 0. The highest BCUT2D eigenvalue weighted by atomic mass is 16.2. The van der Waals surface area contributed by atoms with E-state index in [0.29, 0.717) is 24.5 Å². The standard InChI is InChI=1S/C31H33N5O2/c1-4-25-9-5-6-10-28(25)34-15-13-33(14-16-34)21-26-20-27(24(3)19-23(26)2)31(38)35-17-18-36(30(37)22-35)29-11-7-8-12-32-29/h1,5-12,19-20H,13-18,21-22H2,2-3H3. The Kier molecular flexibility index (Phi) is 7.43. The lowest BCUT2D eigenvalue weighted by Gasteiger charge is -2.37. The Bertz CT molecular complexity index is 1370. The first-order valence-electron chi connectivity index (χ1n) is 13.1. The Morgan fingerprint density at radius 2 is 1.71 bits per heavy atom. The molecule has 5 rings (SSSR count). The number of carbonyl (C=O) groups excluding carboxylic acids is 2. The molecule has 0 spiro atoms. The summed E-state index contributed by atoms with van der Waals surface area (Å²) in [6.45, 7) is 9.46. The maximum Gasteiger partial charge on any atom is 0.254 e. The molecule has 1 aromatic heterocycles. The molecule has 0 aliphatic carbocycles. The highest BCUT2D eigenvalue weighted by molar-refractivity contribution is 6.02. The minimum atomic E-state index is -0.113. The van der Waals surface area contributed by atoms with Gasteiger partial charge < -0.3 is 9.80 Å². The fourth-order valence-corrected chi connectivity index (χ4v) is 5.33. The number of benzene rings is 2. The Morgan fingerprint density at radius 1 is 0.947 bits per heavy atom. The number of amides is 2. The molecule has 0 radical (unpaired) electrons. The summed E-state index contributed by atoms with van der Waals surface area (Å²) in [5, 5.41) is 0. The normalized spacial score (nSPS) is 16.4. The van der Waals surface area contributed by atoms with Crippen molar-refractivity contribution in [2.24, 2.45) is 0 Å². The number of carbonyl (C=O) groups is 2. The van der Waals surface area contributed by atoms with E-state index in [9.17, 15) is 9.59 Å². The second kappa shape index (κ2) is 11.1. The number of nitrogens with zero attached hydrogens (tertiary/aromatic N) is 5. The van der Waals surface area contributed by atoms with Crippen molar-refractivity contribution >= 4 is 23.3 Å². The van der Waals surface area contributed by atoms with Gasteiger partial charge in [-0.25, -0.2) is 4.98 Å². The first-order valence-corrected chi connectivity index (χ1v) is 13.1. The maximum absolute atomic E-state index is 13.5. The average Bonchev–Trinajstić information content (AvgIpc) is 2.95. The van der Waals surface area contributed by atoms with Crippen LogP contribution in [0.15, 0.2) is 60.8 Å². The highest BCUT2D eigenvalue weighted by Gasteiger charge is 2.30. The lowest BCUT2D eigenvalue weighted by atomic mass is 9.98. The number of para-hydroxylation sites is 1. The number of piperazine rings is 2. The number of aryl methyl sites for hydroxylation is 2. The molecule has 3 heterocycles. The molecule has 2 aromatic carbocycles. The first kappa shape index (κ1) is 25.5. The molecule has 38 heavy (non-hydrogen) atoms. The molecule has 3 aromatic rings. The summed E-state index contributed by atoms with van der Waals surface area (Å²) in [6.07, 6.45) is 7.38. The van der Waals surface area contributed by atoms with E-state index in [1.54, 1.807) is 16.0 Å². The molecule has 194 valence electrons. The van der Waals surface area contributed by atoms with Crippen molar-refractivity contribution in [1.29, 1.82) is 0 Å².